The highest BCUT2D eigenvalue weighted by atomic mass is 16.5. The van der Waals surface area contributed by atoms with Crippen LogP contribution in [0.25, 0.3) is 0 Å². The molecule has 24 heavy (non-hydrogen) atoms. The summed E-state index contributed by atoms with van der Waals surface area (Å²) in [5.41, 5.74) is 5.88. The van der Waals surface area contributed by atoms with E-state index in [4.69, 9.17) is 15.0 Å². The Morgan fingerprint density at radius 3 is 2.92 bits per heavy atom. The molecule has 0 radical (unpaired) electrons. The second-order valence-electron chi connectivity index (χ2n) is 5.33. The molecule has 1 aromatic heterocycles. The standard InChI is InChI=1S/C15H17N5O4/c1-23-11-4-2-3-10(7-11)20-6-5-19(9-13(20)21)8-12-17-15(14(16)22)18-24-12/h2-4,7H,5-6,8-9H2,1H3,(H2,16,22). The lowest BCUT2D eigenvalue weighted by Crippen LogP contribution is -2.50. The molecule has 0 aliphatic carbocycles. The van der Waals surface area contributed by atoms with E-state index in [1.54, 1.807) is 12.0 Å². The first kappa shape index (κ1) is 15.9. The predicted molar refractivity (Wildman–Crippen MR) is 83.4 cm³/mol. The van der Waals surface area contributed by atoms with Crippen molar-refractivity contribution in [3.05, 3.63) is 36.0 Å². The van der Waals surface area contributed by atoms with Crippen molar-refractivity contribution in [1.29, 1.82) is 0 Å². The van der Waals surface area contributed by atoms with E-state index in [0.29, 0.717) is 18.8 Å². The summed E-state index contributed by atoms with van der Waals surface area (Å²) in [6, 6.07) is 7.37. The number of hydrogen-bond donors (Lipinski definition) is 1. The van der Waals surface area contributed by atoms with Crippen LogP contribution in [0.4, 0.5) is 5.69 Å². The Hall–Kier alpha value is -2.94. The number of ether oxygens (including phenoxy) is 1. The number of nitrogens with zero attached hydrogens (tertiary/aromatic N) is 4. The highest BCUT2D eigenvalue weighted by molar-refractivity contribution is 5.95. The SMILES string of the molecule is COc1cccc(N2CCN(Cc3nc(C(N)=O)no3)CC2=O)c1. The third-order valence-corrected chi connectivity index (χ3v) is 3.71. The van der Waals surface area contributed by atoms with Gasteiger partial charge in [-0.05, 0) is 12.1 Å². The Labute approximate surface area is 138 Å². The molecule has 9 nitrogen and oxygen atoms in total. The molecule has 2 N–H and O–H groups in total. The first-order valence-electron chi connectivity index (χ1n) is 7.36. The van der Waals surface area contributed by atoms with Crippen molar-refractivity contribution in [1.82, 2.24) is 15.0 Å². The average molecular weight is 331 g/mol. The smallest absolute Gasteiger partial charge is 0.290 e. The van der Waals surface area contributed by atoms with Gasteiger partial charge in [-0.15, -0.1) is 0 Å². The van der Waals surface area contributed by atoms with E-state index in [-0.39, 0.29) is 30.7 Å². The van der Waals surface area contributed by atoms with E-state index in [1.807, 2.05) is 29.2 Å². The number of carbonyl (C=O) groups excluding carboxylic acids is 2. The summed E-state index contributed by atoms with van der Waals surface area (Å²) in [4.78, 5) is 30.9. The molecule has 1 saturated heterocycles. The van der Waals surface area contributed by atoms with Crippen molar-refractivity contribution in [2.75, 3.05) is 31.6 Å². The minimum Gasteiger partial charge on any atom is -0.497 e. The van der Waals surface area contributed by atoms with Gasteiger partial charge in [0.1, 0.15) is 5.75 Å². The van der Waals surface area contributed by atoms with Crippen LogP contribution in [-0.4, -0.2) is 53.6 Å². The zero-order valence-corrected chi connectivity index (χ0v) is 13.1. The number of piperazine rings is 1. The number of primary amides is 1. The number of aromatic nitrogens is 2. The van der Waals surface area contributed by atoms with Gasteiger partial charge in [-0.2, -0.15) is 4.98 Å². The lowest BCUT2D eigenvalue weighted by Gasteiger charge is -2.33. The minimum atomic E-state index is -0.746. The van der Waals surface area contributed by atoms with Crippen LogP contribution in [0.15, 0.2) is 28.8 Å². The average Bonchev–Trinajstić information content (AvgIpc) is 3.04. The topological polar surface area (TPSA) is 115 Å². The number of rotatable bonds is 5. The number of benzene rings is 1. The summed E-state index contributed by atoms with van der Waals surface area (Å²) in [5.74, 6) is 0.0124. The molecule has 0 atom stereocenters. The maximum Gasteiger partial charge on any atom is 0.290 e. The van der Waals surface area contributed by atoms with Crippen molar-refractivity contribution < 1.29 is 18.8 Å². The Bertz CT molecular complexity index is 760. The molecule has 9 heteroatoms. The molecular formula is C15H17N5O4. The molecule has 1 aliphatic heterocycles. The molecule has 0 spiro atoms. The van der Waals surface area contributed by atoms with Gasteiger partial charge in [0.2, 0.25) is 11.8 Å². The molecule has 126 valence electrons. The fraction of sp³-hybridized carbons (Fsp3) is 0.333. The van der Waals surface area contributed by atoms with Crippen molar-refractivity contribution in [3.63, 3.8) is 0 Å². The normalized spacial score (nSPS) is 15.5. The van der Waals surface area contributed by atoms with Gasteiger partial charge in [-0.3, -0.25) is 14.5 Å². The van der Waals surface area contributed by atoms with Gasteiger partial charge in [-0.25, -0.2) is 0 Å². The highest BCUT2D eigenvalue weighted by Gasteiger charge is 2.26. The number of nitrogens with two attached hydrogens (primary N) is 1. The maximum atomic E-state index is 12.4. The fourth-order valence-corrected chi connectivity index (χ4v) is 2.52. The number of hydrogen-bond acceptors (Lipinski definition) is 7. The van der Waals surface area contributed by atoms with Gasteiger partial charge in [0, 0.05) is 24.8 Å². The lowest BCUT2D eigenvalue weighted by atomic mass is 10.2. The van der Waals surface area contributed by atoms with E-state index >= 15 is 0 Å². The number of methoxy groups -OCH3 is 1. The summed E-state index contributed by atoms with van der Waals surface area (Å²) in [5, 5.41) is 3.49. The second kappa shape index (κ2) is 6.67. The quantitative estimate of drug-likeness (QED) is 0.821. The summed E-state index contributed by atoms with van der Waals surface area (Å²) in [6.07, 6.45) is 0. The van der Waals surface area contributed by atoms with Crippen LogP contribution in [-0.2, 0) is 11.3 Å². The number of anilines is 1. The molecular weight excluding hydrogens is 314 g/mol. The molecule has 2 amide bonds. The molecule has 0 unspecified atom stereocenters. The largest absolute Gasteiger partial charge is 0.497 e. The highest BCUT2D eigenvalue weighted by Crippen LogP contribution is 2.23. The fourth-order valence-electron chi connectivity index (χ4n) is 2.52. The molecule has 2 heterocycles. The second-order valence-corrected chi connectivity index (χ2v) is 5.33. The van der Waals surface area contributed by atoms with Crippen LogP contribution >= 0.6 is 0 Å². The van der Waals surface area contributed by atoms with Crippen LogP contribution in [0, 0.1) is 0 Å². The van der Waals surface area contributed by atoms with Gasteiger partial charge in [0.05, 0.1) is 20.2 Å². The molecule has 3 rings (SSSR count). The van der Waals surface area contributed by atoms with E-state index in [0.717, 1.165) is 5.69 Å². The van der Waals surface area contributed by atoms with E-state index < -0.39 is 5.91 Å². The van der Waals surface area contributed by atoms with Gasteiger partial charge >= 0.3 is 0 Å². The van der Waals surface area contributed by atoms with Crippen LogP contribution in [0.5, 0.6) is 5.75 Å². The van der Waals surface area contributed by atoms with E-state index in [2.05, 4.69) is 10.1 Å². The Morgan fingerprint density at radius 1 is 1.42 bits per heavy atom. The van der Waals surface area contributed by atoms with Crippen molar-refractivity contribution in [2.45, 2.75) is 6.54 Å². The first-order valence-corrected chi connectivity index (χ1v) is 7.36. The third-order valence-electron chi connectivity index (χ3n) is 3.71. The number of carbonyl (C=O) groups is 2. The van der Waals surface area contributed by atoms with E-state index in [9.17, 15) is 9.59 Å². The Balaban J connectivity index is 1.64. The molecule has 1 aromatic carbocycles. The van der Waals surface area contributed by atoms with Crippen LogP contribution in [0.2, 0.25) is 0 Å². The summed E-state index contributed by atoms with van der Waals surface area (Å²) >= 11 is 0. The van der Waals surface area contributed by atoms with Crippen molar-refractivity contribution in [2.24, 2.45) is 5.73 Å². The maximum absolute atomic E-state index is 12.4. The van der Waals surface area contributed by atoms with Crippen LogP contribution in [0.3, 0.4) is 0 Å². The van der Waals surface area contributed by atoms with Crippen molar-refractivity contribution >= 4 is 17.5 Å². The van der Waals surface area contributed by atoms with Gasteiger partial charge in [-0.1, -0.05) is 11.2 Å². The molecule has 0 bridgehead atoms. The minimum absolute atomic E-state index is 0.0378. The van der Waals surface area contributed by atoms with Gasteiger partial charge in [0.25, 0.3) is 11.7 Å². The summed E-state index contributed by atoms with van der Waals surface area (Å²) < 4.78 is 10.1. The van der Waals surface area contributed by atoms with Gasteiger partial charge in [0.15, 0.2) is 0 Å². The van der Waals surface area contributed by atoms with Crippen LogP contribution in [0.1, 0.15) is 16.5 Å². The summed E-state index contributed by atoms with van der Waals surface area (Å²) in [7, 11) is 1.59. The molecule has 0 saturated carbocycles. The van der Waals surface area contributed by atoms with Crippen LogP contribution < -0.4 is 15.4 Å². The number of amides is 2. The zero-order chi connectivity index (χ0) is 17.1. The monoisotopic (exact) mass is 331 g/mol. The molecule has 2 aromatic rings. The van der Waals surface area contributed by atoms with E-state index in [1.165, 1.54) is 0 Å². The lowest BCUT2D eigenvalue weighted by molar-refractivity contribution is -0.121. The summed E-state index contributed by atoms with van der Waals surface area (Å²) in [6.45, 7) is 1.67. The Morgan fingerprint density at radius 2 is 2.25 bits per heavy atom. The first-order chi connectivity index (χ1) is 11.6. The zero-order valence-electron chi connectivity index (χ0n) is 13.1. The van der Waals surface area contributed by atoms with Gasteiger partial charge < -0.3 is 19.9 Å². The molecule has 1 fully saturated rings. The van der Waals surface area contributed by atoms with Crippen molar-refractivity contribution in [3.8, 4) is 5.75 Å². The predicted octanol–water partition coefficient (Wildman–Crippen LogP) is 0.0259. The third kappa shape index (κ3) is 3.35. The Kier molecular flexibility index (Phi) is 4.43. The molecule has 1 aliphatic rings.